The highest BCUT2D eigenvalue weighted by Gasteiger charge is 1.62. The summed E-state index contributed by atoms with van der Waals surface area (Å²) in [7, 11) is 0. The minimum atomic E-state index is -0.102. The fourth-order valence-electron chi connectivity index (χ4n) is 0.204. The van der Waals surface area contributed by atoms with Crippen molar-refractivity contribution in [2.24, 2.45) is 0 Å². The number of nitrogens with one attached hydrogen (secondary N) is 1. The average Bonchev–Trinajstić information content (AvgIpc) is 1.35. The van der Waals surface area contributed by atoms with E-state index in [2.05, 4.69) is 5.32 Å². The van der Waals surface area contributed by atoms with Crippen LogP contribution in [0.2, 0.25) is 0 Å². The van der Waals surface area contributed by atoms with Crippen molar-refractivity contribution in [3.05, 3.63) is 0 Å². The molecule has 1 heteroatoms. The summed E-state index contributed by atoms with van der Waals surface area (Å²) >= 11 is 0. The second-order valence-corrected chi connectivity index (χ2v) is 0.846. The van der Waals surface area contributed by atoms with Crippen molar-refractivity contribution < 1.29 is 1.37 Å². The molecule has 32 valence electrons. The molecule has 0 aliphatic carbocycles. The normalized spacial score (nSPS) is 17.6. The van der Waals surface area contributed by atoms with E-state index < -0.39 is 0 Å². The molecule has 0 aliphatic heterocycles. The van der Waals surface area contributed by atoms with Crippen LogP contribution in [0.3, 0.4) is 0 Å². The Hall–Kier alpha value is -0.0400. The molecule has 0 aromatic rings. The van der Waals surface area contributed by atoms with Gasteiger partial charge in [0.05, 0.1) is 0 Å². The molecule has 0 bridgehead atoms. The molecule has 0 aromatic carbocycles. The van der Waals surface area contributed by atoms with E-state index in [0.717, 1.165) is 6.54 Å². The highest BCUT2D eigenvalue weighted by atomic mass is 14.8. The molecule has 0 radical (unpaired) electrons. The first kappa shape index (κ1) is 3.16. The van der Waals surface area contributed by atoms with Crippen molar-refractivity contribution in [1.29, 1.82) is 0 Å². The summed E-state index contributed by atoms with van der Waals surface area (Å²) in [6.07, 6.45) is 0. The topological polar surface area (TPSA) is 12.0 Å². The van der Waals surface area contributed by atoms with Gasteiger partial charge < -0.3 is 5.32 Å². The van der Waals surface area contributed by atoms with Crippen LogP contribution in [0, 0.1) is 0 Å². The first-order valence-electron chi connectivity index (χ1n) is 2.50. The van der Waals surface area contributed by atoms with Crippen molar-refractivity contribution in [3.63, 3.8) is 0 Å². The van der Waals surface area contributed by atoms with Gasteiger partial charge in [-0.2, -0.15) is 0 Å². The summed E-state index contributed by atoms with van der Waals surface area (Å²) in [5, 5.41) is 2.88. The lowest BCUT2D eigenvalue weighted by Crippen LogP contribution is -2.09. The fourth-order valence-corrected chi connectivity index (χ4v) is 0.204. The van der Waals surface area contributed by atoms with Crippen LogP contribution in [0.5, 0.6) is 0 Å². The van der Waals surface area contributed by atoms with Gasteiger partial charge in [-0.25, -0.2) is 0 Å². The van der Waals surface area contributed by atoms with Crippen LogP contribution in [-0.2, 0) is 0 Å². The molecule has 5 heavy (non-hydrogen) atoms. The lowest BCUT2D eigenvalue weighted by molar-refractivity contribution is 0.762. The summed E-state index contributed by atoms with van der Waals surface area (Å²) in [6.45, 7) is 4.59. The van der Waals surface area contributed by atoms with E-state index in [4.69, 9.17) is 1.37 Å². The minimum absolute atomic E-state index is 0.102. The van der Waals surface area contributed by atoms with Gasteiger partial charge >= 0.3 is 0 Å². The Bertz CT molecular complexity index is 28.7. The van der Waals surface area contributed by atoms with E-state index in [-0.39, 0.29) is 6.52 Å². The maximum absolute atomic E-state index is 6.87. The smallest absolute Gasteiger partial charge is 0.0425 e. The van der Waals surface area contributed by atoms with Gasteiger partial charge in [0, 0.05) is 1.37 Å². The highest BCUT2D eigenvalue weighted by molar-refractivity contribution is 4.27. The molecule has 1 atom stereocenters. The van der Waals surface area contributed by atoms with E-state index in [1.165, 1.54) is 0 Å². The molecule has 0 heterocycles. The van der Waals surface area contributed by atoms with Gasteiger partial charge in [0.15, 0.2) is 0 Å². The molecule has 1 N–H and O–H groups in total. The molecular weight excluding hydrogens is 62.1 g/mol. The Kier molecular flexibility index (Phi) is 2.50. The van der Waals surface area contributed by atoms with Gasteiger partial charge in [-0.3, -0.25) is 0 Å². The standard InChI is InChI=1S/C4H11N/c1-3-5-4-2/h5H,3-4H2,1-2H3/i3T. The SMILES string of the molecule is [3H]C(C)NCC. The van der Waals surface area contributed by atoms with E-state index in [1.807, 2.05) is 13.8 Å². The van der Waals surface area contributed by atoms with Crippen molar-refractivity contribution in [1.82, 2.24) is 5.32 Å². The quantitative estimate of drug-likeness (QED) is 0.507. The van der Waals surface area contributed by atoms with Crippen LogP contribution < -0.4 is 5.32 Å². The summed E-state index contributed by atoms with van der Waals surface area (Å²) < 4.78 is 6.87. The van der Waals surface area contributed by atoms with Gasteiger partial charge in [0.25, 0.3) is 0 Å². The molecule has 1 nitrogen and oxygen atoms in total. The number of rotatable bonds is 2. The second-order valence-electron chi connectivity index (χ2n) is 0.846. The monoisotopic (exact) mass is 75.1 g/mol. The van der Waals surface area contributed by atoms with Crippen LogP contribution in [0.25, 0.3) is 0 Å². The molecule has 0 fully saturated rings. The van der Waals surface area contributed by atoms with Crippen molar-refractivity contribution >= 4 is 0 Å². The van der Waals surface area contributed by atoms with Crippen molar-refractivity contribution in [3.8, 4) is 0 Å². The summed E-state index contributed by atoms with van der Waals surface area (Å²) in [6, 6.07) is 0. The van der Waals surface area contributed by atoms with Crippen LogP contribution in [0.15, 0.2) is 0 Å². The van der Waals surface area contributed by atoms with Gasteiger partial charge in [-0.1, -0.05) is 13.8 Å². The van der Waals surface area contributed by atoms with Crippen LogP contribution >= 0.6 is 0 Å². The van der Waals surface area contributed by atoms with E-state index in [9.17, 15) is 0 Å². The predicted molar refractivity (Wildman–Crippen MR) is 24.2 cm³/mol. The van der Waals surface area contributed by atoms with E-state index in [0.29, 0.717) is 0 Å². The number of hydrogen-bond donors (Lipinski definition) is 1. The average molecular weight is 75.1 g/mol. The van der Waals surface area contributed by atoms with Crippen LogP contribution in [0.4, 0.5) is 0 Å². The van der Waals surface area contributed by atoms with Crippen molar-refractivity contribution in [2.45, 2.75) is 13.8 Å². The van der Waals surface area contributed by atoms with Gasteiger partial charge in [-0.15, -0.1) is 0 Å². The molecular formula is C4H11N. The molecule has 0 saturated heterocycles. The largest absolute Gasteiger partial charge is 0.317 e. The third-order valence-corrected chi connectivity index (χ3v) is 0.408. The third kappa shape index (κ3) is 3.96. The molecule has 0 saturated carbocycles. The zero-order valence-electron chi connectivity index (χ0n) is 4.78. The molecule has 0 rings (SSSR count). The molecule has 0 aliphatic rings. The predicted octanol–water partition coefficient (Wildman–Crippen LogP) is 0.616. The summed E-state index contributed by atoms with van der Waals surface area (Å²) in [5.74, 6) is 0. The molecule has 0 amide bonds. The summed E-state index contributed by atoms with van der Waals surface area (Å²) in [4.78, 5) is 0. The molecule has 0 spiro atoms. The van der Waals surface area contributed by atoms with Crippen LogP contribution in [-0.4, -0.2) is 13.1 Å². The minimum Gasteiger partial charge on any atom is -0.317 e. The summed E-state index contributed by atoms with van der Waals surface area (Å²) in [5.41, 5.74) is 0. The second kappa shape index (κ2) is 3.96. The molecule has 0 aromatic heterocycles. The lowest BCUT2D eigenvalue weighted by Gasteiger charge is -1.86. The first-order chi connectivity index (χ1) is 2.77. The zero-order valence-corrected chi connectivity index (χ0v) is 3.78. The Labute approximate surface area is 34.8 Å². The first-order valence-corrected chi connectivity index (χ1v) is 1.93. The van der Waals surface area contributed by atoms with E-state index in [1.54, 1.807) is 0 Å². The fraction of sp³-hybridized carbons (Fsp3) is 1.00. The lowest BCUT2D eigenvalue weighted by atomic mass is 10.7. The molecule has 1 unspecified atom stereocenters. The van der Waals surface area contributed by atoms with Gasteiger partial charge in [0.1, 0.15) is 0 Å². The number of hydrogen-bond acceptors (Lipinski definition) is 1. The van der Waals surface area contributed by atoms with Crippen LogP contribution in [0.1, 0.15) is 15.2 Å². The van der Waals surface area contributed by atoms with Gasteiger partial charge in [-0.05, 0) is 13.1 Å². The zero-order chi connectivity index (χ0) is 4.99. The highest BCUT2D eigenvalue weighted by Crippen LogP contribution is 1.47. The third-order valence-electron chi connectivity index (χ3n) is 0.408. The Morgan fingerprint density at radius 1 is 1.80 bits per heavy atom. The Morgan fingerprint density at radius 2 is 2.40 bits per heavy atom. The van der Waals surface area contributed by atoms with Crippen molar-refractivity contribution in [2.75, 3.05) is 13.1 Å². The maximum atomic E-state index is 6.87. The van der Waals surface area contributed by atoms with E-state index >= 15 is 0 Å². The Morgan fingerprint density at radius 3 is 2.40 bits per heavy atom. The van der Waals surface area contributed by atoms with Gasteiger partial charge in [0.2, 0.25) is 0 Å². The Balaban J connectivity index is 2.63. The maximum Gasteiger partial charge on any atom is 0.0425 e.